The normalized spacial score (nSPS) is 11.0. The zero-order chi connectivity index (χ0) is 17.6. The van der Waals surface area contributed by atoms with E-state index < -0.39 is 5.91 Å². The van der Waals surface area contributed by atoms with Gasteiger partial charge in [0.15, 0.2) is 0 Å². The minimum Gasteiger partial charge on any atom is -0.467 e. The molecule has 0 fully saturated rings. The summed E-state index contributed by atoms with van der Waals surface area (Å²) in [6.45, 7) is 0.643. The van der Waals surface area contributed by atoms with Crippen LogP contribution in [0.1, 0.15) is 11.3 Å². The van der Waals surface area contributed by atoms with Gasteiger partial charge in [-0.25, -0.2) is 0 Å². The number of carbonyl (C=O) groups is 1. The molecule has 0 unspecified atom stereocenters. The Morgan fingerprint density at radius 1 is 1.32 bits per heavy atom. The average Bonchev–Trinajstić information content (AvgIpc) is 3.27. The molecule has 122 valence electrons. The molecule has 0 aliphatic rings. The zero-order valence-corrected chi connectivity index (χ0v) is 13.4. The molecule has 3 rings (SSSR count). The number of rotatable bonds is 5. The average molecular weight is 329 g/mol. The quantitative estimate of drug-likeness (QED) is 0.444. The van der Waals surface area contributed by atoms with Crippen LogP contribution in [0.5, 0.6) is 0 Å². The molecule has 25 heavy (non-hydrogen) atoms. The number of hydrogen-bond donors (Lipinski definition) is 1. The fraction of sp³-hybridized carbons (Fsp3) is 0.100. The van der Waals surface area contributed by atoms with E-state index in [1.807, 2.05) is 41.1 Å². The minimum absolute atomic E-state index is 0.0233. The van der Waals surface area contributed by atoms with E-state index in [0.717, 1.165) is 16.5 Å². The maximum atomic E-state index is 12.3. The number of para-hydroxylation sites is 1. The molecule has 5 heteroatoms. The summed E-state index contributed by atoms with van der Waals surface area (Å²) in [4.78, 5) is 12.3. The van der Waals surface area contributed by atoms with Crippen molar-refractivity contribution in [3.05, 3.63) is 65.8 Å². The van der Waals surface area contributed by atoms with Gasteiger partial charge in [0.25, 0.3) is 5.91 Å². The first-order valence-corrected chi connectivity index (χ1v) is 7.66. The zero-order valence-electron chi connectivity index (χ0n) is 13.4. The number of carbonyl (C=O) groups excluding carboxylic acids is 1. The van der Waals surface area contributed by atoms with Crippen LogP contribution in [0, 0.1) is 23.7 Å². The van der Waals surface area contributed by atoms with Crippen molar-refractivity contribution in [2.24, 2.45) is 0 Å². The number of nitriles is 1. The molecule has 3 aromatic rings. The number of hydrogen-bond acceptors (Lipinski definition) is 3. The first-order valence-electron chi connectivity index (χ1n) is 7.66. The van der Waals surface area contributed by atoms with Crippen LogP contribution in [0.4, 0.5) is 0 Å². The summed E-state index contributed by atoms with van der Waals surface area (Å²) in [6, 6.07) is 13.2. The van der Waals surface area contributed by atoms with Crippen LogP contribution in [0.15, 0.2) is 58.8 Å². The van der Waals surface area contributed by atoms with Crippen LogP contribution in [0.25, 0.3) is 17.0 Å². The van der Waals surface area contributed by atoms with Crippen LogP contribution in [-0.2, 0) is 17.9 Å². The monoisotopic (exact) mass is 329 g/mol. The number of amides is 1. The van der Waals surface area contributed by atoms with Crippen LogP contribution < -0.4 is 5.32 Å². The molecule has 1 N–H and O–H groups in total. The molecule has 0 aliphatic carbocycles. The Bertz CT molecular complexity index is 1010. The van der Waals surface area contributed by atoms with Crippen molar-refractivity contribution in [1.82, 2.24) is 9.88 Å². The number of fused-ring (bicyclic) bond motifs is 1. The summed E-state index contributed by atoms with van der Waals surface area (Å²) < 4.78 is 7.08. The van der Waals surface area contributed by atoms with Gasteiger partial charge in [0.05, 0.1) is 19.4 Å². The number of furan rings is 1. The van der Waals surface area contributed by atoms with E-state index >= 15 is 0 Å². The number of nitrogens with one attached hydrogen (secondary N) is 1. The van der Waals surface area contributed by atoms with E-state index in [-0.39, 0.29) is 12.1 Å². The molecule has 5 nitrogen and oxygen atoms in total. The SMILES string of the molecule is C#CCn1cc(/C=C(\C#N)C(=O)NCc2ccco2)c2ccccc21. The number of aromatic nitrogens is 1. The highest BCUT2D eigenvalue weighted by Crippen LogP contribution is 2.23. The Labute approximate surface area is 145 Å². The molecule has 0 saturated carbocycles. The summed E-state index contributed by atoms with van der Waals surface area (Å²) in [6.07, 6.45) is 10.4. The van der Waals surface area contributed by atoms with Gasteiger partial charge in [0.2, 0.25) is 0 Å². The van der Waals surface area contributed by atoms with Crippen molar-refractivity contribution in [3.8, 4) is 18.4 Å². The van der Waals surface area contributed by atoms with Crippen LogP contribution in [-0.4, -0.2) is 10.5 Å². The number of benzene rings is 1. The van der Waals surface area contributed by atoms with Crippen molar-refractivity contribution in [3.63, 3.8) is 0 Å². The Morgan fingerprint density at radius 3 is 2.88 bits per heavy atom. The van der Waals surface area contributed by atoms with Crippen LogP contribution in [0.2, 0.25) is 0 Å². The standard InChI is InChI=1S/C20H15N3O2/c1-2-9-23-14-16(18-7-3-4-8-19(18)23)11-15(12-21)20(24)22-13-17-6-5-10-25-17/h1,3-8,10-11,14H,9,13H2,(H,22,24)/b15-11+. The lowest BCUT2D eigenvalue weighted by Gasteiger charge is -2.01. The second-order valence-corrected chi connectivity index (χ2v) is 5.37. The van der Waals surface area contributed by atoms with E-state index in [9.17, 15) is 10.1 Å². The molecule has 2 aromatic heterocycles. The van der Waals surface area contributed by atoms with Crippen LogP contribution in [0.3, 0.4) is 0 Å². The highest BCUT2D eigenvalue weighted by molar-refractivity contribution is 6.04. The van der Waals surface area contributed by atoms with Gasteiger partial charge in [0, 0.05) is 22.7 Å². The molecular formula is C20H15N3O2. The van der Waals surface area contributed by atoms with E-state index in [0.29, 0.717) is 12.3 Å². The molecule has 1 aromatic carbocycles. The first kappa shape index (κ1) is 16.2. The number of nitrogens with zero attached hydrogens (tertiary/aromatic N) is 2. The summed E-state index contributed by atoms with van der Waals surface area (Å²) in [5, 5.41) is 13.0. The summed E-state index contributed by atoms with van der Waals surface area (Å²) in [5.41, 5.74) is 1.76. The van der Waals surface area contributed by atoms with Gasteiger partial charge in [-0.3, -0.25) is 4.79 Å². The van der Waals surface area contributed by atoms with Crippen molar-refractivity contribution in [2.75, 3.05) is 0 Å². The third kappa shape index (κ3) is 3.46. The fourth-order valence-corrected chi connectivity index (χ4v) is 2.60. The third-order valence-electron chi connectivity index (χ3n) is 3.75. The highest BCUT2D eigenvalue weighted by atomic mass is 16.3. The smallest absolute Gasteiger partial charge is 0.262 e. The molecule has 0 saturated heterocycles. The topological polar surface area (TPSA) is 71.0 Å². The molecule has 0 radical (unpaired) electrons. The van der Waals surface area contributed by atoms with E-state index in [1.165, 1.54) is 6.26 Å². The Kier molecular flexibility index (Phi) is 4.69. The summed E-state index contributed by atoms with van der Waals surface area (Å²) >= 11 is 0. The predicted octanol–water partition coefficient (Wildman–Crippen LogP) is 3.09. The van der Waals surface area contributed by atoms with Gasteiger partial charge < -0.3 is 14.3 Å². The van der Waals surface area contributed by atoms with E-state index in [2.05, 4.69) is 11.2 Å². The third-order valence-corrected chi connectivity index (χ3v) is 3.75. The van der Waals surface area contributed by atoms with Gasteiger partial charge in [-0.05, 0) is 24.3 Å². The van der Waals surface area contributed by atoms with Crippen molar-refractivity contribution < 1.29 is 9.21 Å². The van der Waals surface area contributed by atoms with Gasteiger partial charge >= 0.3 is 0 Å². The summed E-state index contributed by atoms with van der Waals surface area (Å²) in [5.74, 6) is 2.77. The Balaban J connectivity index is 1.89. The lowest BCUT2D eigenvalue weighted by molar-refractivity contribution is -0.117. The largest absolute Gasteiger partial charge is 0.467 e. The molecule has 0 atom stereocenters. The molecular weight excluding hydrogens is 314 g/mol. The van der Waals surface area contributed by atoms with Crippen LogP contribution >= 0.6 is 0 Å². The maximum Gasteiger partial charge on any atom is 0.262 e. The van der Waals surface area contributed by atoms with E-state index in [4.69, 9.17) is 10.8 Å². The Morgan fingerprint density at radius 2 is 2.16 bits per heavy atom. The van der Waals surface area contributed by atoms with Crippen molar-refractivity contribution in [1.29, 1.82) is 5.26 Å². The second-order valence-electron chi connectivity index (χ2n) is 5.37. The van der Waals surface area contributed by atoms with Crippen molar-refractivity contribution >= 4 is 22.9 Å². The molecule has 1 amide bonds. The van der Waals surface area contributed by atoms with Gasteiger partial charge in [0.1, 0.15) is 17.4 Å². The predicted molar refractivity (Wildman–Crippen MR) is 94.9 cm³/mol. The molecule has 0 bridgehead atoms. The summed E-state index contributed by atoms with van der Waals surface area (Å²) in [7, 11) is 0. The first-order chi connectivity index (χ1) is 12.2. The van der Waals surface area contributed by atoms with Gasteiger partial charge in [-0.2, -0.15) is 5.26 Å². The number of terminal acetylenes is 1. The van der Waals surface area contributed by atoms with E-state index in [1.54, 1.807) is 18.2 Å². The lowest BCUT2D eigenvalue weighted by Crippen LogP contribution is -2.23. The maximum absolute atomic E-state index is 12.3. The molecule has 0 spiro atoms. The fourth-order valence-electron chi connectivity index (χ4n) is 2.60. The van der Waals surface area contributed by atoms with Gasteiger partial charge in [-0.1, -0.05) is 24.1 Å². The van der Waals surface area contributed by atoms with Gasteiger partial charge in [-0.15, -0.1) is 6.42 Å². The lowest BCUT2D eigenvalue weighted by atomic mass is 10.1. The highest BCUT2D eigenvalue weighted by Gasteiger charge is 2.12. The molecule has 0 aliphatic heterocycles. The van der Waals surface area contributed by atoms with Crippen molar-refractivity contribution in [2.45, 2.75) is 13.1 Å². The Hall–Kier alpha value is -3.70. The molecule has 2 heterocycles. The second kappa shape index (κ2) is 7.25. The minimum atomic E-state index is -0.451.